The fourth-order valence-corrected chi connectivity index (χ4v) is 1.99. The molecule has 0 amide bonds. The first-order valence-corrected chi connectivity index (χ1v) is 4.89. The molecule has 0 spiro atoms. The van der Waals surface area contributed by atoms with Gasteiger partial charge in [0, 0.05) is 18.2 Å². The van der Waals surface area contributed by atoms with Crippen LogP contribution in [-0.4, -0.2) is 24.3 Å². The molecule has 1 fully saturated rings. The van der Waals surface area contributed by atoms with E-state index in [9.17, 15) is 4.79 Å². The van der Waals surface area contributed by atoms with Gasteiger partial charge in [-0.1, -0.05) is 6.07 Å². The molecular formula is C11H13NO3. The average molecular weight is 207 g/mol. The van der Waals surface area contributed by atoms with Crippen molar-refractivity contribution in [3.05, 3.63) is 29.3 Å². The van der Waals surface area contributed by atoms with Gasteiger partial charge in [0.25, 0.3) is 0 Å². The minimum absolute atomic E-state index is 0.122. The van der Waals surface area contributed by atoms with E-state index >= 15 is 0 Å². The summed E-state index contributed by atoms with van der Waals surface area (Å²) in [5.74, 6) is -0.804. The van der Waals surface area contributed by atoms with Crippen molar-refractivity contribution in [2.24, 2.45) is 0 Å². The zero-order valence-electron chi connectivity index (χ0n) is 8.27. The van der Waals surface area contributed by atoms with Gasteiger partial charge in [0.05, 0.1) is 12.2 Å². The van der Waals surface area contributed by atoms with E-state index in [1.165, 1.54) is 0 Å². The second kappa shape index (κ2) is 3.90. The lowest BCUT2D eigenvalue weighted by atomic mass is 9.92. The molecule has 0 radical (unpaired) electrons. The number of aromatic carboxylic acids is 1. The summed E-state index contributed by atoms with van der Waals surface area (Å²) in [5.41, 5.74) is 7.39. The van der Waals surface area contributed by atoms with Gasteiger partial charge in [-0.3, -0.25) is 0 Å². The zero-order valence-corrected chi connectivity index (χ0v) is 8.27. The largest absolute Gasteiger partial charge is 0.478 e. The molecule has 0 saturated carbocycles. The van der Waals surface area contributed by atoms with Gasteiger partial charge in [-0.05, 0) is 24.1 Å². The van der Waals surface area contributed by atoms with E-state index < -0.39 is 5.97 Å². The molecule has 1 atom stereocenters. The van der Waals surface area contributed by atoms with Gasteiger partial charge >= 0.3 is 5.97 Å². The zero-order chi connectivity index (χ0) is 10.8. The summed E-state index contributed by atoms with van der Waals surface area (Å²) < 4.78 is 5.25. The van der Waals surface area contributed by atoms with E-state index in [0.717, 1.165) is 12.0 Å². The fraction of sp³-hybridized carbons (Fsp3) is 0.364. The van der Waals surface area contributed by atoms with Crippen molar-refractivity contribution in [2.45, 2.75) is 12.3 Å². The number of carbonyl (C=O) groups is 1. The Kier molecular flexibility index (Phi) is 2.60. The van der Waals surface area contributed by atoms with E-state index in [1.54, 1.807) is 18.2 Å². The predicted molar refractivity (Wildman–Crippen MR) is 56.0 cm³/mol. The van der Waals surface area contributed by atoms with Crippen LogP contribution in [0.2, 0.25) is 0 Å². The van der Waals surface area contributed by atoms with Crippen molar-refractivity contribution in [2.75, 3.05) is 18.9 Å². The van der Waals surface area contributed by atoms with Crippen molar-refractivity contribution in [1.82, 2.24) is 0 Å². The molecule has 1 heterocycles. The third-order valence-corrected chi connectivity index (χ3v) is 2.71. The van der Waals surface area contributed by atoms with Crippen LogP contribution in [0.25, 0.3) is 0 Å². The smallest absolute Gasteiger partial charge is 0.336 e. The quantitative estimate of drug-likeness (QED) is 0.720. The van der Waals surface area contributed by atoms with Crippen LogP contribution in [0, 0.1) is 0 Å². The van der Waals surface area contributed by atoms with Crippen LogP contribution in [0.3, 0.4) is 0 Å². The number of rotatable bonds is 2. The molecule has 0 bridgehead atoms. The molecule has 0 aromatic heterocycles. The monoisotopic (exact) mass is 207 g/mol. The number of carboxylic acids is 1. The van der Waals surface area contributed by atoms with Gasteiger partial charge in [-0.15, -0.1) is 0 Å². The highest BCUT2D eigenvalue weighted by Gasteiger charge is 2.24. The third kappa shape index (κ3) is 1.80. The van der Waals surface area contributed by atoms with Crippen LogP contribution in [0.4, 0.5) is 5.69 Å². The van der Waals surface area contributed by atoms with Crippen LogP contribution < -0.4 is 5.73 Å². The Balaban J connectivity index is 2.46. The Bertz CT molecular complexity index is 383. The maximum atomic E-state index is 11.0. The first-order chi connectivity index (χ1) is 7.20. The number of carboxylic acid groups (broad SMARTS) is 1. The number of benzene rings is 1. The van der Waals surface area contributed by atoms with E-state index in [2.05, 4.69) is 0 Å². The Hall–Kier alpha value is -1.55. The molecule has 3 N–H and O–H groups in total. The molecule has 0 aliphatic carbocycles. The summed E-state index contributed by atoms with van der Waals surface area (Å²) in [4.78, 5) is 11.0. The Labute approximate surface area is 87.7 Å². The number of anilines is 1. The van der Waals surface area contributed by atoms with Crippen molar-refractivity contribution in [3.63, 3.8) is 0 Å². The summed E-state index contributed by atoms with van der Waals surface area (Å²) in [5, 5.41) is 9.05. The molecule has 1 unspecified atom stereocenters. The molecule has 1 aliphatic rings. The molecule has 80 valence electrons. The normalized spacial score (nSPS) is 20.4. The van der Waals surface area contributed by atoms with Crippen molar-refractivity contribution in [3.8, 4) is 0 Å². The lowest BCUT2D eigenvalue weighted by molar-refractivity contribution is 0.0695. The number of hydrogen-bond donors (Lipinski definition) is 2. The van der Waals surface area contributed by atoms with E-state index in [-0.39, 0.29) is 5.92 Å². The van der Waals surface area contributed by atoms with Gasteiger partial charge in [-0.25, -0.2) is 4.79 Å². The van der Waals surface area contributed by atoms with Crippen LogP contribution in [0.5, 0.6) is 0 Å². The van der Waals surface area contributed by atoms with Gasteiger partial charge in [0.2, 0.25) is 0 Å². The van der Waals surface area contributed by atoms with Crippen LogP contribution in [-0.2, 0) is 4.74 Å². The van der Waals surface area contributed by atoms with Crippen LogP contribution in [0.15, 0.2) is 18.2 Å². The summed E-state index contributed by atoms with van der Waals surface area (Å²) in [6.07, 6.45) is 0.842. The molecule has 1 aromatic carbocycles. The summed E-state index contributed by atoms with van der Waals surface area (Å²) in [6, 6.07) is 4.99. The molecule has 1 saturated heterocycles. The second-order valence-corrected chi connectivity index (χ2v) is 3.67. The van der Waals surface area contributed by atoms with E-state index in [1.807, 2.05) is 0 Å². The number of nitrogen functional groups attached to an aromatic ring is 1. The first-order valence-electron chi connectivity index (χ1n) is 4.89. The maximum absolute atomic E-state index is 11.0. The molecule has 4 heteroatoms. The van der Waals surface area contributed by atoms with Crippen molar-refractivity contribution >= 4 is 11.7 Å². The fourth-order valence-electron chi connectivity index (χ4n) is 1.99. The second-order valence-electron chi connectivity index (χ2n) is 3.67. The van der Waals surface area contributed by atoms with Gasteiger partial charge in [0.1, 0.15) is 0 Å². The molecule has 1 aliphatic heterocycles. The van der Waals surface area contributed by atoms with Crippen molar-refractivity contribution in [1.29, 1.82) is 0 Å². The third-order valence-electron chi connectivity index (χ3n) is 2.71. The highest BCUT2D eigenvalue weighted by molar-refractivity contribution is 5.91. The highest BCUT2D eigenvalue weighted by atomic mass is 16.5. The van der Waals surface area contributed by atoms with Gasteiger partial charge < -0.3 is 15.6 Å². The van der Waals surface area contributed by atoms with E-state index in [0.29, 0.717) is 24.5 Å². The Morgan fingerprint density at radius 3 is 2.93 bits per heavy atom. The Morgan fingerprint density at radius 2 is 2.33 bits per heavy atom. The number of hydrogen-bond acceptors (Lipinski definition) is 3. The average Bonchev–Trinajstić information content (AvgIpc) is 2.70. The predicted octanol–water partition coefficient (Wildman–Crippen LogP) is 1.47. The van der Waals surface area contributed by atoms with Crippen LogP contribution >= 0.6 is 0 Å². The molecule has 15 heavy (non-hydrogen) atoms. The summed E-state index contributed by atoms with van der Waals surface area (Å²) >= 11 is 0. The SMILES string of the molecule is Nc1cccc(C(=O)O)c1C1CCOC1. The Morgan fingerprint density at radius 1 is 1.53 bits per heavy atom. The molecular weight excluding hydrogens is 194 g/mol. The van der Waals surface area contributed by atoms with Crippen molar-refractivity contribution < 1.29 is 14.6 Å². The standard InChI is InChI=1S/C11H13NO3/c12-9-3-1-2-8(11(13)14)10(9)7-4-5-15-6-7/h1-3,7H,4-6,12H2,(H,13,14). The topological polar surface area (TPSA) is 72.6 Å². The van der Waals surface area contributed by atoms with Gasteiger partial charge in [-0.2, -0.15) is 0 Å². The van der Waals surface area contributed by atoms with Gasteiger partial charge in [0.15, 0.2) is 0 Å². The number of nitrogens with two attached hydrogens (primary N) is 1. The lowest BCUT2D eigenvalue weighted by Gasteiger charge is -2.14. The lowest BCUT2D eigenvalue weighted by Crippen LogP contribution is -2.10. The molecule has 1 aromatic rings. The molecule has 2 rings (SSSR count). The minimum Gasteiger partial charge on any atom is -0.478 e. The maximum Gasteiger partial charge on any atom is 0.336 e. The number of ether oxygens (including phenoxy) is 1. The minimum atomic E-state index is -0.927. The first kappa shape index (κ1) is 9.98. The summed E-state index contributed by atoms with van der Waals surface area (Å²) in [7, 11) is 0. The summed E-state index contributed by atoms with van der Waals surface area (Å²) in [6.45, 7) is 1.24. The van der Waals surface area contributed by atoms with E-state index in [4.69, 9.17) is 15.6 Å². The van der Waals surface area contributed by atoms with Crippen LogP contribution in [0.1, 0.15) is 28.3 Å². The molecule has 4 nitrogen and oxygen atoms in total. The highest BCUT2D eigenvalue weighted by Crippen LogP contribution is 2.32.